The van der Waals surface area contributed by atoms with Crippen LogP contribution in [0.3, 0.4) is 0 Å². The third-order valence-corrected chi connectivity index (χ3v) is 10.4. The molecule has 0 rings (SSSR count). The molecule has 0 bridgehead atoms. The molecule has 0 N–H and O–H groups in total. The van der Waals surface area contributed by atoms with E-state index in [0.29, 0.717) is 12.8 Å². The van der Waals surface area contributed by atoms with Gasteiger partial charge in [-0.3, -0.25) is 14.4 Å². The lowest BCUT2D eigenvalue weighted by molar-refractivity contribution is -0.167. The fourth-order valence-corrected chi connectivity index (χ4v) is 6.50. The largest absolute Gasteiger partial charge is 0.462 e. The van der Waals surface area contributed by atoms with Crippen LogP contribution in [0.4, 0.5) is 0 Å². The van der Waals surface area contributed by atoms with Crippen molar-refractivity contribution in [2.75, 3.05) is 13.2 Å². The fourth-order valence-electron chi connectivity index (χ4n) is 6.50. The van der Waals surface area contributed by atoms with Crippen molar-refractivity contribution in [1.29, 1.82) is 0 Å². The molecular formula is C62H94O6. The normalized spacial score (nSPS) is 13.4. The molecule has 0 saturated carbocycles. The van der Waals surface area contributed by atoms with Crippen LogP contribution in [0.1, 0.15) is 194 Å². The highest BCUT2D eigenvalue weighted by molar-refractivity contribution is 5.71. The van der Waals surface area contributed by atoms with Crippen LogP contribution < -0.4 is 0 Å². The Morgan fingerprint density at radius 3 is 1.01 bits per heavy atom. The van der Waals surface area contributed by atoms with Crippen LogP contribution in [0.5, 0.6) is 0 Å². The first-order chi connectivity index (χ1) is 33.5. The van der Waals surface area contributed by atoms with E-state index in [2.05, 4.69) is 130 Å². The zero-order chi connectivity index (χ0) is 49.3. The molecule has 0 aromatic heterocycles. The van der Waals surface area contributed by atoms with Crippen molar-refractivity contribution in [2.45, 2.75) is 200 Å². The first kappa shape index (κ1) is 63.0. The summed E-state index contributed by atoms with van der Waals surface area (Å²) in [5.41, 5.74) is 0. The average molecular weight is 935 g/mol. The zero-order valence-corrected chi connectivity index (χ0v) is 43.0. The number of ether oxygens (including phenoxy) is 3. The molecule has 0 aliphatic rings. The van der Waals surface area contributed by atoms with E-state index < -0.39 is 6.10 Å². The Bertz CT molecular complexity index is 1590. The number of unbranched alkanes of at least 4 members (excludes halogenated alkanes) is 12. The molecule has 68 heavy (non-hydrogen) atoms. The van der Waals surface area contributed by atoms with Gasteiger partial charge in [-0.1, -0.05) is 217 Å². The van der Waals surface area contributed by atoms with E-state index in [9.17, 15) is 14.4 Å². The molecule has 0 aliphatic carbocycles. The first-order valence-electron chi connectivity index (χ1n) is 26.6. The Labute approximate surface area is 416 Å². The van der Waals surface area contributed by atoms with Crippen molar-refractivity contribution >= 4 is 17.9 Å². The predicted octanol–water partition coefficient (Wildman–Crippen LogP) is 17.8. The van der Waals surface area contributed by atoms with Gasteiger partial charge in [0.1, 0.15) is 13.2 Å². The third kappa shape index (κ3) is 52.0. The summed E-state index contributed by atoms with van der Waals surface area (Å²) in [4.78, 5) is 38.1. The Morgan fingerprint density at radius 2 is 0.603 bits per heavy atom. The molecule has 0 amide bonds. The number of allylic oxidation sites excluding steroid dienone is 26. The number of carbonyl (C=O) groups excluding carboxylic acids is 3. The lowest BCUT2D eigenvalue weighted by Crippen LogP contribution is -2.30. The van der Waals surface area contributed by atoms with Gasteiger partial charge in [0.15, 0.2) is 6.10 Å². The molecule has 0 fully saturated rings. The van der Waals surface area contributed by atoms with E-state index in [1.54, 1.807) is 0 Å². The standard InChI is InChI=1S/C62H94O6/c1-4-7-10-13-16-19-22-25-28-30-31-32-35-37-40-43-46-49-52-55-61(64)67-58-59(57-66-60(63)54-51-48-45-42-39-36-33-27-24-21-18-15-12-9-6-3)68-62(65)56-53-50-47-44-41-38-34-29-26-23-20-17-14-11-8-5-2/h7-12,15-21,24-29,31-33,36-37,39-40,59H,4-6,13-14,22-23,30,34-35,38,41-58H2,1-3H3/b10-7-,11-8-,12-9-,18-15-,19-16-,20-17-,24-21-,28-25-,29-26-,32-31-,33-27-,39-36-,40-37-. The highest BCUT2D eigenvalue weighted by atomic mass is 16.6. The second-order valence-corrected chi connectivity index (χ2v) is 16.8. The van der Waals surface area contributed by atoms with Crippen molar-refractivity contribution in [1.82, 2.24) is 0 Å². The Morgan fingerprint density at radius 1 is 0.309 bits per heavy atom. The molecule has 1 atom stereocenters. The number of esters is 3. The summed E-state index contributed by atoms with van der Waals surface area (Å²) in [6.07, 6.45) is 79.4. The van der Waals surface area contributed by atoms with E-state index in [1.165, 1.54) is 12.8 Å². The van der Waals surface area contributed by atoms with Gasteiger partial charge in [-0.15, -0.1) is 0 Å². The highest BCUT2D eigenvalue weighted by Crippen LogP contribution is 2.12. The predicted molar refractivity (Wildman–Crippen MR) is 292 cm³/mol. The second kappa shape index (κ2) is 54.6. The van der Waals surface area contributed by atoms with E-state index in [4.69, 9.17) is 14.2 Å². The van der Waals surface area contributed by atoms with Crippen LogP contribution in [-0.4, -0.2) is 37.2 Å². The summed E-state index contributed by atoms with van der Waals surface area (Å²) in [7, 11) is 0. The van der Waals surface area contributed by atoms with E-state index >= 15 is 0 Å². The lowest BCUT2D eigenvalue weighted by atomic mass is 10.1. The summed E-state index contributed by atoms with van der Waals surface area (Å²) >= 11 is 0. The first-order valence-corrected chi connectivity index (χ1v) is 26.6. The van der Waals surface area contributed by atoms with Crippen molar-refractivity contribution in [3.63, 3.8) is 0 Å². The molecule has 1 unspecified atom stereocenters. The molecule has 0 saturated heterocycles. The molecule has 378 valence electrons. The van der Waals surface area contributed by atoms with Crippen LogP contribution in [0.2, 0.25) is 0 Å². The van der Waals surface area contributed by atoms with Crippen LogP contribution in [-0.2, 0) is 28.6 Å². The Hall–Kier alpha value is -4.97. The molecule has 0 spiro atoms. The number of hydrogen-bond acceptors (Lipinski definition) is 6. The van der Waals surface area contributed by atoms with Gasteiger partial charge in [0.2, 0.25) is 0 Å². The SMILES string of the molecule is CC\C=C/C=C\C=C/C=C\C=C/CCCCCC(=O)OCC(COC(=O)CCCCC/C=C\C/C=C\C/C=C\C/C=C\C/C=C\CC)OC(=O)CCCCCCCC/C=C\C/C=C\C/C=C\CC. The number of hydrogen-bond donors (Lipinski definition) is 0. The maximum Gasteiger partial charge on any atom is 0.306 e. The van der Waals surface area contributed by atoms with E-state index in [-0.39, 0.29) is 37.5 Å². The fraction of sp³-hybridized carbons (Fsp3) is 0.532. The Kier molecular flexibility index (Phi) is 50.6. The zero-order valence-electron chi connectivity index (χ0n) is 43.0. The Balaban J connectivity index is 4.58. The topological polar surface area (TPSA) is 78.9 Å². The van der Waals surface area contributed by atoms with Gasteiger partial charge >= 0.3 is 17.9 Å². The summed E-state index contributed by atoms with van der Waals surface area (Å²) in [5.74, 6) is -1.02. The van der Waals surface area contributed by atoms with Gasteiger partial charge in [-0.05, 0) is 116 Å². The van der Waals surface area contributed by atoms with E-state index in [0.717, 1.165) is 141 Å². The summed E-state index contributed by atoms with van der Waals surface area (Å²) < 4.78 is 16.8. The van der Waals surface area contributed by atoms with Gasteiger partial charge < -0.3 is 14.2 Å². The summed E-state index contributed by atoms with van der Waals surface area (Å²) in [5, 5.41) is 0. The van der Waals surface area contributed by atoms with Crippen LogP contribution in [0, 0.1) is 0 Å². The maximum absolute atomic E-state index is 12.8. The van der Waals surface area contributed by atoms with Crippen LogP contribution in [0.25, 0.3) is 0 Å². The molecule has 0 aliphatic heterocycles. The van der Waals surface area contributed by atoms with Crippen LogP contribution in [0.15, 0.2) is 158 Å². The molecule has 6 nitrogen and oxygen atoms in total. The third-order valence-electron chi connectivity index (χ3n) is 10.4. The van der Waals surface area contributed by atoms with Gasteiger partial charge in [0, 0.05) is 19.3 Å². The van der Waals surface area contributed by atoms with Crippen molar-refractivity contribution in [3.8, 4) is 0 Å². The lowest BCUT2D eigenvalue weighted by Gasteiger charge is -2.18. The minimum atomic E-state index is -0.825. The van der Waals surface area contributed by atoms with Gasteiger partial charge in [-0.2, -0.15) is 0 Å². The van der Waals surface area contributed by atoms with Crippen molar-refractivity contribution in [3.05, 3.63) is 158 Å². The maximum atomic E-state index is 12.8. The quantitative estimate of drug-likeness (QED) is 0.0199. The van der Waals surface area contributed by atoms with Gasteiger partial charge in [-0.25, -0.2) is 0 Å². The molecule has 6 heteroatoms. The summed E-state index contributed by atoms with van der Waals surface area (Å²) in [6, 6.07) is 0. The van der Waals surface area contributed by atoms with Crippen molar-refractivity contribution < 1.29 is 28.6 Å². The summed E-state index contributed by atoms with van der Waals surface area (Å²) in [6.45, 7) is 6.17. The van der Waals surface area contributed by atoms with Gasteiger partial charge in [0.05, 0.1) is 0 Å². The molecular weight excluding hydrogens is 841 g/mol. The minimum Gasteiger partial charge on any atom is -0.462 e. The smallest absolute Gasteiger partial charge is 0.306 e. The highest BCUT2D eigenvalue weighted by Gasteiger charge is 2.19. The van der Waals surface area contributed by atoms with Crippen molar-refractivity contribution in [2.24, 2.45) is 0 Å². The molecule has 0 heterocycles. The minimum absolute atomic E-state index is 0.123. The molecule has 0 aromatic carbocycles. The number of rotatable bonds is 45. The van der Waals surface area contributed by atoms with Crippen LogP contribution >= 0.6 is 0 Å². The van der Waals surface area contributed by atoms with Gasteiger partial charge in [0.25, 0.3) is 0 Å². The average Bonchev–Trinajstić information content (AvgIpc) is 3.34. The molecule has 0 aromatic rings. The number of carbonyl (C=O) groups is 3. The monoisotopic (exact) mass is 935 g/mol. The molecule has 0 radical (unpaired) electrons. The van der Waals surface area contributed by atoms with E-state index in [1.807, 2.05) is 48.6 Å². The second-order valence-electron chi connectivity index (χ2n) is 16.8.